The summed E-state index contributed by atoms with van der Waals surface area (Å²) in [5.74, 6) is -4.92. The van der Waals surface area contributed by atoms with Gasteiger partial charge < -0.3 is 41.0 Å². The van der Waals surface area contributed by atoms with Crippen molar-refractivity contribution < 1.29 is 61.1 Å². The second kappa shape index (κ2) is 25.8. The molecule has 0 spiro atoms. The lowest BCUT2D eigenvalue weighted by atomic mass is 9.92. The van der Waals surface area contributed by atoms with Gasteiger partial charge in [0.2, 0.25) is 35.1 Å². The average Bonchev–Trinajstić information content (AvgIpc) is 3.27. The second-order valence-corrected chi connectivity index (χ2v) is 20.1. The van der Waals surface area contributed by atoms with E-state index in [1.54, 1.807) is 51.1 Å². The van der Waals surface area contributed by atoms with Crippen LogP contribution in [0.5, 0.6) is 5.75 Å². The van der Waals surface area contributed by atoms with Gasteiger partial charge in [0.25, 0.3) is 10.1 Å². The zero-order valence-electron chi connectivity index (χ0n) is 40.8. The number of nitrogens with one attached hydrogen (secondary N) is 4. The molecule has 1 aliphatic heterocycles. The molecular weight excluding hydrogens is 911 g/mol. The van der Waals surface area contributed by atoms with Crippen LogP contribution in [0.4, 0.5) is 0 Å². The number of morpholine rings is 1. The Morgan fingerprint density at radius 2 is 1.30 bits per heavy atom. The highest BCUT2D eigenvalue weighted by Crippen LogP contribution is 2.30. The monoisotopic (exact) mass is 979 g/mol. The molecule has 19 heteroatoms. The Labute approximate surface area is 405 Å². The fourth-order valence-corrected chi connectivity index (χ4v) is 9.60. The largest absolute Gasteiger partial charge is 0.482 e. The number of rotatable bonds is 26. The van der Waals surface area contributed by atoms with E-state index in [0.29, 0.717) is 12.0 Å². The molecule has 1 saturated heterocycles. The van der Waals surface area contributed by atoms with Crippen LogP contribution in [-0.4, -0.2) is 128 Å². The Morgan fingerprint density at radius 1 is 0.783 bits per heavy atom. The smallest absolute Gasteiger partial charge is 0.341 e. The lowest BCUT2D eigenvalue weighted by Gasteiger charge is -2.43. The summed E-state index contributed by atoms with van der Waals surface area (Å²) in [5, 5.41) is 32.7. The fourth-order valence-electron chi connectivity index (χ4n) is 8.26. The van der Waals surface area contributed by atoms with Crippen molar-refractivity contribution in [3.63, 3.8) is 0 Å². The van der Waals surface area contributed by atoms with E-state index >= 15 is 0 Å². The number of benzene rings is 3. The zero-order valence-corrected chi connectivity index (χ0v) is 41.6. The molecule has 4 amide bonds. The van der Waals surface area contributed by atoms with Crippen molar-refractivity contribution in [3.05, 3.63) is 95.1 Å². The van der Waals surface area contributed by atoms with Crippen LogP contribution in [0.1, 0.15) is 83.1 Å². The molecule has 378 valence electrons. The van der Waals surface area contributed by atoms with Crippen LogP contribution in [-0.2, 0) is 60.6 Å². The number of aliphatic carboxylic acids is 1. The number of hydrogen-bond donors (Lipinski definition) is 6. The third kappa shape index (κ3) is 17.0. The maximum absolute atomic E-state index is 15.0. The third-order valence-electron chi connectivity index (χ3n) is 11.5. The van der Waals surface area contributed by atoms with Crippen molar-refractivity contribution in [1.29, 1.82) is 0 Å². The maximum atomic E-state index is 15.0. The Hall–Kier alpha value is -5.73. The topological polar surface area (TPSA) is 256 Å². The van der Waals surface area contributed by atoms with Gasteiger partial charge in [0.05, 0.1) is 18.8 Å². The molecule has 3 aromatic rings. The van der Waals surface area contributed by atoms with Crippen molar-refractivity contribution in [2.45, 2.75) is 128 Å². The minimum Gasteiger partial charge on any atom is -0.482 e. The van der Waals surface area contributed by atoms with Gasteiger partial charge in [-0.15, -0.1) is 0 Å². The van der Waals surface area contributed by atoms with Gasteiger partial charge in [-0.2, -0.15) is 8.42 Å². The first-order valence-electron chi connectivity index (χ1n) is 23.2. The van der Waals surface area contributed by atoms with Crippen LogP contribution in [0.25, 0.3) is 0 Å². The highest BCUT2D eigenvalue weighted by atomic mass is 32.2. The summed E-state index contributed by atoms with van der Waals surface area (Å²) in [6.45, 7) is 11.6. The molecule has 3 aromatic carbocycles. The summed E-state index contributed by atoms with van der Waals surface area (Å²) in [4.78, 5) is 82.2. The molecule has 0 aromatic heterocycles. The van der Waals surface area contributed by atoms with E-state index in [4.69, 9.17) is 18.8 Å². The number of ketones is 1. The van der Waals surface area contributed by atoms with E-state index in [-0.39, 0.29) is 79.0 Å². The van der Waals surface area contributed by atoms with Gasteiger partial charge in [0.15, 0.2) is 6.61 Å². The Bertz CT molecular complexity index is 2330. The van der Waals surface area contributed by atoms with Crippen LogP contribution < -0.4 is 26.0 Å². The molecule has 4 rings (SSSR count). The molecule has 18 nitrogen and oxygen atoms in total. The number of carbonyl (C=O) groups is 6. The summed E-state index contributed by atoms with van der Waals surface area (Å²) in [6, 6.07) is 16.1. The van der Waals surface area contributed by atoms with E-state index in [2.05, 4.69) is 21.3 Å². The van der Waals surface area contributed by atoms with Gasteiger partial charge in [-0.25, -0.2) is 4.79 Å². The highest BCUT2D eigenvalue weighted by molar-refractivity contribution is 7.86. The molecule has 0 radical (unpaired) electrons. The molecular formula is C50H69N5O13S. The number of aliphatic hydroxyl groups is 1. The van der Waals surface area contributed by atoms with E-state index in [1.807, 2.05) is 44.2 Å². The SMILES string of the molecule is CC(=O)N[C@@H](CCc1ccccc1)C(=O)N[C@@H](CC(C)C)C(=O)N[C@@H](Cc1ccccc1)C(=O)N[C@@H](CC(C)C)C(=O)C(O)(COS(=O)(=O)c1c(C)cc(OCC(=O)O)cc1C)N1CCOC(C)C1. The Kier molecular flexibility index (Phi) is 20.9. The van der Waals surface area contributed by atoms with Gasteiger partial charge >= 0.3 is 5.97 Å². The van der Waals surface area contributed by atoms with Crippen molar-refractivity contribution in [2.24, 2.45) is 11.8 Å². The first kappa shape index (κ1) is 55.9. The van der Waals surface area contributed by atoms with Crippen LogP contribution in [0.15, 0.2) is 77.7 Å². The van der Waals surface area contributed by atoms with E-state index in [0.717, 1.165) is 5.56 Å². The highest BCUT2D eigenvalue weighted by Gasteiger charge is 2.49. The standard InChI is InChI=1S/C50H69N5O13S/c1-31(2)23-41(46(59)50(63,55-21-22-66-35(7)28-55)30-68-69(64,65)45-33(5)25-39(26-34(45)6)67-29-44(57)58)52-49(62)43(27-38-17-13-10-14-18-38)54-48(61)42(24-32(3)4)53-47(60)40(51-36(8)56)20-19-37-15-11-9-12-16-37/h9-18,25-26,31-32,35,40-43,63H,19-24,27-30H2,1-8H3,(H,51,56)(H,52,62)(H,53,60)(H,54,61)(H,57,58)/t35?,40-,41-,42-,43-,50?/m0/s1. The molecule has 0 aliphatic carbocycles. The Morgan fingerprint density at radius 3 is 1.86 bits per heavy atom. The van der Waals surface area contributed by atoms with Gasteiger partial charge in [0.1, 0.15) is 35.4 Å². The number of amides is 4. The fraction of sp³-hybridized carbons (Fsp3) is 0.520. The lowest BCUT2D eigenvalue weighted by Crippen LogP contribution is -2.67. The second-order valence-electron chi connectivity index (χ2n) is 18.5. The predicted octanol–water partition coefficient (Wildman–Crippen LogP) is 3.38. The van der Waals surface area contributed by atoms with Crippen molar-refractivity contribution in [2.75, 3.05) is 32.9 Å². The van der Waals surface area contributed by atoms with E-state index in [9.17, 15) is 42.3 Å². The Balaban J connectivity index is 1.65. The van der Waals surface area contributed by atoms with Crippen LogP contribution in [0, 0.1) is 25.7 Å². The van der Waals surface area contributed by atoms with Gasteiger partial charge in [0, 0.05) is 26.4 Å². The maximum Gasteiger partial charge on any atom is 0.341 e. The summed E-state index contributed by atoms with van der Waals surface area (Å²) < 4.78 is 44.4. The number of nitrogens with zero attached hydrogens (tertiary/aromatic N) is 1. The first-order valence-corrected chi connectivity index (χ1v) is 24.6. The average molecular weight is 980 g/mol. The van der Waals surface area contributed by atoms with Crippen LogP contribution >= 0.6 is 0 Å². The summed E-state index contributed by atoms with van der Waals surface area (Å²) in [6.07, 6.45) is 0.352. The number of carboxylic acid groups (broad SMARTS) is 1. The molecule has 6 atom stereocenters. The minimum absolute atomic E-state index is 0.00327. The molecule has 0 saturated carbocycles. The summed E-state index contributed by atoms with van der Waals surface area (Å²) in [5.41, 5.74) is -0.707. The number of Topliss-reactive ketones (excluding diaryl/α,β-unsaturated/α-hetero) is 1. The molecule has 1 fully saturated rings. The van der Waals surface area contributed by atoms with Crippen molar-refractivity contribution in [1.82, 2.24) is 26.2 Å². The first-order chi connectivity index (χ1) is 32.5. The van der Waals surface area contributed by atoms with E-state index in [1.165, 1.54) is 37.8 Å². The van der Waals surface area contributed by atoms with Gasteiger partial charge in [-0.3, -0.25) is 33.1 Å². The number of carbonyl (C=O) groups excluding carboxylic acids is 5. The van der Waals surface area contributed by atoms with E-state index < -0.39 is 94.7 Å². The molecule has 2 unspecified atom stereocenters. The number of carboxylic acids is 1. The quantitative estimate of drug-likeness (QED) is 0.0631. The molecule has 1 heterocycles. The number of hydrogen-bond acceptors (Lipinski definition) is 13. The molecule has 0 bridgehead atoms. The van der Waals surface area contributed by atoms with Crippen LogP contribution in [0.3, 0.4) is 0 Å². The third-order valence-corrected chi connectivity index (χ3v) is 13.0. The number of aryl methyl sites for hydroxylation is 3. The molecule has 1 aliphatic rings. The van der Waals surface area contributed by atoms with Crippen molar-refractivity contribution in [3.8, 4) is 5.75 Å². The van der Waals surface area contributed by atoms with Gasteiger partial charge in [-0.05, 0) is 92.7 Å². The minimum atomic E-state index is -4.70. The summed E-state index contributed by atoms with van der Waals surface area (Å²) >= 11 is 0. The predicted molar refractivity (Wildman–Crippen MR) is 256 cm³/mol. The van der Waals surface area contributed by atoms with Gasteiger partial charge in [-0.1, -0.05) is 88.4 Å². The van der Waals surface area contributed by atoms with Crippen molar-refractivity contribution >= 4 is 45.5 Å². The summed E-state index contributed by atoms with van der Waals surface area (Å²) in [7, 11) is -4.70. The molecule has 69 heavy (non-hydrogen) atoms. The van der Waals surface area contributed by atoms with Crippen LogP contribution in [0.2, 0.25) is 0 Å². The zero-order chi connectivity index (χ0) is 51.1. The molecule has 6 N–H and O–H groups in total. The normalized spacial score (nSPS) is 16.9. The lowest BCUT2D eigenvalue weighted by molar-refractivity contribution is -0.187. The number of ether oxygens (including phenoxy) is 2.